The SMILES string of the molecule is CCN(CC)C(=O)Oc1ccc2c(ccn2Cc2ccc(F)cc2C(F)(F)F)c1-c1cc(C)cc(C)c1. The molecule has 4 nitrogen and oxygen atoms in total. The summed E-state index contributed by atoms with van der Waals surface area (Å²) in [7, 11) is 0. The van der Waals surface area contributed by atoms with Gasteiger partial charge in [0.1, 0.15) is 11.6 Å². The Morgan fingerprint density at radius 1 is 0.946 bits per heavy atom. The molecule has 1 heterocycles. The zero-order valence-electron chi connectivity index (χ0n) is 21.1. The summed E-state index contributed by atoms with van der Waals surface area (Å²) < 4.78 is 61.9. The van der Waals surface area contributed by atoms with E-state index in [9.17, 15) is 22.4 Å². The summed E-state index contributed by atoms with van der Waals surface area (Å²) in [6.45, 7) is 8.54. The Morgan fingerprint density at radius 3 is 2.24 bits per heavy atom. The van der Waals surface area contributed by atoms with E-state index in [0.29, 0.717) is 36.0 Å². The number of hydrogen-bond donors (Lipinski definition) is 0. The van der Waals surface area contributed by atoms with Crippen molar-refractivity contribution in [1.29, 1.82) is 0 Å². The predicted molar refractivity (Wildman–Crippen MR) is 136 cm³/mol. The number of nitrogens with zero attached hydrogens (tertiary/aromatic N) is 2. The first-order valence-electron chi connectivity index (χ1n) is 12.0. The molecule has 37 heavy (non-hydrogen) atoms. The molecular weight excluding hydrogens is 484 g/mol. The summed E-state index contributed by atoms with van der Waals surface area (Å²) >= 11 is 0. The fourth-order valence-corrected chi connectivity index (χ4v) is 4.67. The second kappa shape index (κ2) is 10.3. The molecule has 0 bridgehead atoms. The predicted octanol–water partition coefficient (Wildman–Crippen LogP) is 7.97. The smallest absolute Gasteiger partial charge is 0.410 e. The minimum Gasteiger partial charge on any atom is -0.410 e. The molecule has 0 saturated carbocycles. The maximum Gasteiger partial charge on any atom is 0.416 e. The number of rotatable bonds is 6. The Labute approximate surface area is 213 Å². The van der Waals surface area contributed by atoms with Crippen molar-refractivity contribution < 1.29 is 27.1 Å². The molecule has 1 aromatic heterocycles. The van der Waals surface area contributed by atoms with E-state index in [1.54, 1.807) is 33.9 Å². The summed E-state index contributed by atoms with van der Waals surface area (Å²) in [4.78, 5) is 14.4. The van der Waals surface area contributed by atoms with Crippen LogP contribution in [0.3, 0.4) is 0 Å². The highest BCUT2D eigenvalue weighted by atomic mass is 19.4. The number of aryl methyl sites for hydroxylation is 2. The van der Waals surface area contributed by atoms with E-state index in [1.165, 1.54) is 0 Å². The summed E-state index contributed by atoms with van der Waals surface area (Å²) in [5, 5.41) is 0.727. The molecule has 194 valence electrons. The van der Waals surface area contributed by atoms with Crippen LogP contribution in [-0.2, 0) is 12.7 Å². The van der Waals surface area contributed by atoms with E-state index in [2.05, 4.69) is 0 Å². The maximum atomic E-state index is 13.6. The quantitative estimate of drug-likeness (QED) is 0.246. The Kier molecular flexibility index (Phi) is 7.30. The van der Waals surface area contributed by atoms with Gasteiger partial charge in [-0.15, -0.1) is 0 Å². The number of fused-ring (bicyclic) bond motifs is 1. The van der Waals surface area contributed by atoms with Crippen LogP contribution in [-0.4, -0.2) is 28.6 Å². The van der Waals surface area contributed by atoms with Crippen molar-refractivity contribution in [1.82, 2.24) is 9.47 Å². The van der Waals surface area contributed by atoms with Gasteiger partial charge in [0, 0.05) is 42.3 Å². The Balaban J connectivity index is 1.86. The van der Waals surface area contributed by atoms with Gasteiger partial charge in [-0.05, 0) is 69.2 Å². The Bertz CT molecular complexity index is 1430. The van der Waals surface area contributed by atoms with Crippen molar-refractivity contribution in [3.05, 3.63) is 88.9 Å². The number of aromatic nitrogens is 1. The van der Waals surface area contributed by atoms with E-state index in [4.69, 9.17) is 4.74 Å². The fourth-order valence-electron chi connectivity index (χ4n) is 4.67. The van der Waals surface area contributed by atoms with Crippen LogP contribution in [0.2, 0.25) is 0 Å². The largest absolute Gasteiger partial charge is 0.416 e. The van der Waals surface area contributed by atoms with Crippen molar-refractivity contribution in [3.63, 3.8) is 0 Å². The highest BCUT2D eigenvalue weighted by Crippen LogP contribution is 2.40. The van der Waals surface area contributed by atoms with Crippen LogP contribution in [0, 0.1) is 19.7 Å². The van der Waals surface area contributed by atoms with E-state index in [1.807, 2.05) is 45.9 Å². The molecule has 4 rings (SSSR count). The van der Waals surface area contributed by atoms with Crippen molar-refractivity contribution in [3.8, 4) is 16.9 Å². The number of halogens is 4. The van der Waals surface area contributed by atoms with Crippen LogP contribution < -0.4 is 4.74 Å². The van der Waals surface area contributed by atoms with Gasteiger partial charge in [0.2, 0.25) is 0 Å². The van der Waals surface area contributed by atoms with Gasteiger partial charge >= 0.3 is 12.3 Å². The number of carbonyl (C=O) groups excluding carboxylic acids is 1. The Morgan fingerprint density at radius 2 is 1.62 bits per heavy atom. The Hall–Kier alpha value is -3.81. The molecular formula is C29H28F4N2O2. The number of benzene rings is 3. The third kappa shape index (κ3) is 5.48. The summed E-state index contributed by atoms with van der Waals surface area (Å²) in [5.74, 6) is -0.574. The van der Waals surface area contributed by atoms with Gasteiger partial charge < -0.3 is 14.2 Å². The zero-order chi connectivity index (χ0) is 26.9. The molecule has 1 amide bonds. The first-order valence-corrected chi connectivity index (χ1v) is 12.0. The van der Waals surface area contributed by atoms with Crippen molar-refractivity contribution in [2.45, 2.75) is 40.4 Å². The molecule has 0 saturated heterocycles. The van der Waals surface area contributed by atoms with Gasteiger partial charge in [-0.1, -0.05) is 35.4 Å². The third-order valence-electron chi connectivity index (χ3n) is 6.36. The molecule has 0 unspecified atom stereocenters. The molecule has 0 fully saturated rings. The number of carbonyl (C=O) groups is 1. The van der Waals surface area contributed by atoms with E-state index < -0.39 is 23.7 Å². The van der Waals surface area contributed by atoms with Crippen LogP contribution in [0.25, 0.3) is 22.0 Å². The first kappa shape index (κ1) is 26.3. The number of amides is 1. The standard InChI is InChI=1S/C29H28F4N2O2/c1-5-34(6-2)28(36)37-26-10-9-25-23(27(26)21-14-18(3)13-19(4)15-21)11-12-35(25)17-20-7-8-22(30)16-24(20)29(31,32)33/h7-16H,5-6,17H2,1-4H3. The van der Waals surface area contributed by atoms with Gasteiger partial charge in [0.15, 0.2) is 0 Å². The molecule has 0 aliphatic rings. The van der Waals surface area contributed by atoms with Crippen molar-refractivity contribution in [2.24, 2.45) is 0 Å². The lowest BCUT2D eigenvalue weighted by Gasteiger charge is -2.20. The van der Waals surface area contributed by atoms with E-state index in [0.717, 1.165) is 34.2 Å². The topological polar surface area (TPSA) is 34.5 Å². The fraction of sp³-hybridized carbons (Fsp3) is 0.276. The summed E-state index contributed by atoms with van der Waals surface area (Å²) in [6.07, 6.45) is -3.47. The average molecular weight is 513 g/mol. The molecule has 4 aromatic rings. The highest BCUT2D eigenvalue weighted by Gasteiger charge is 2.34. The van der Waals surface area contributed by atoms with Crippen molar-refractivity contribution in [2.75, 3.05) is 13.1 Å². The molecule has 8 heteroatoms. The highest BCUT2D eigenvalue weighted by molar-refractivity contribution is 6.00. The third-order valence-corrected chi connectivity index (χ3v) is 6.36. The zero-order valence-corrected chi connectivity index (χ0v) is 21.1. The number of hydrogen-bond acceptors (Lipinski definition) is 2. The lowest BCUT2D eigenvalue weighted by molar-refractivity contribution is -0.138. The monoisotopic (exact) mass is 512 g/mol. The van der Waals surface area contributed by atoms with Gasteiger partial charge in [-0.25, -0.2) is 9.18 Å². The van der Waals surface area contributed by atoms with Crippen LogP contribution >= 0.6 is 0 Å². The second-order valence-electron chi connectivity index (χ2n) is 9.03. The molecule has 3 aromatic carbocycles. The van der Waals surface area contributed by atoms with E-state index in [-0.39, 0.29) is 12.1 Å². The van der Waals surface area contributed by atoms with Crippen LogP contribution in [0.1, 0.15) is 36.1 Å². The maximum absolute atomic E-state index is 13.6. The van der Waals surface area contributed by atoms with Crippen LogP contribution in [0.15, 0.2) is 60.8 Å². The first-order chi connectivity index (χ1) is 17.5. The lowest BCUT2D eigenvalue weighted by Crippen LogP contribution is -2.33. The van der Waals surface area contributed by atoms with Gasteiger partial charge in [0.25, 0.3) is 0 Å². The molecule has 0 aliphatic heterocycles. The van der Waals surface area contributed by atoms with Crippen LogP contribution in [0.4, 0.5) is 22.4 Å². The molecule has 0 N–H and O–H groups in total. The lowest BCUT2D eigenvalue weighted by atomic mass is 9.97. The molecule has 0 aliphatic carbocycles. The molecule has 0 radical (unpaired) electrons. The molecule has 0 spiro atoms. The molecule has 0 atom stereocenters. The second-order valence-corrected chi connectivity index (χ2v) is 9.03. The average Bonchev–Trinajstić information content (AvgIpc) is 3.22. The van der Waals surface area contributed by atoms with Gasteiger partial charge in [0.05, 0.1) is 5.56 Å². The van der Waals surface area contributed by atoms with Gasteiger partial charge in [-0.2, -0.15) is 13.2 Å². The van der Waals surface area contributed by atoms with Crippen LogP contribution in [0.5, 0.6) is 5.75 Å². The minimum absolute atomic E-state index is 0.0450. The number of ether oxygens (including phenoxy) is 1. The van der Waals surface area contributed by atoms with E-state index >= 15 is 0 Å². The summed E-state index contributed by atoms with van der Waals surface area (Å²) in [5.41, 5.74) is 3.17. The normalized spacial score (nSPS) is 11.7. The summed E-state index contributed by atoms with van der Waals surface area (Å²) in [6, 6.07) is 13.9. The van der Waals surface area contributed by atoms with Gasteiger partial charge in [-0.3, -0.25) is 0 Å². The van der Waals surface area contributed by atoms with Crippen molar-refractivity contribution >= 4 is 17.0 Å². The number of alkyl halides is 3. The minimum atomic E-state index is -4.68.